The number of rotatable bonds is 5. The minimum absolute atomic E-state index is 0.0384. The van der Waals surface area contributed by atoms with Gasteiger partial charge in [0.05, 0.1) is 6.07 Å². The van der Waals surface area contributed by atoms with Crippen LogP contribution < -0.4 is 5.32 Å². The van der Waals surface area contributed by atoms with Gasteiger partial charge >= 0.3 is 0 Å². The molecule has 0 aliphatic heterocycles. The molecule has 1 rings (SSSR count). The number of carbonyl (C=O) groups excluding carboxylic acids is 1. The summed E-state index contributed by atoms with van der Waals surface area (Å²) >= 11 is 0. The topological polar surface area (TPSA) is 52.9 Å². The van der Waals surface area contributed by atoms with Crippen LogP contribution in [0, 0.1) is 23.2 Å². The van der Waals surface area contributed by atoms with Crippen LogP contribution in [0.1, 0.15) is 58.8 Å². The Bertz CT molecular complexity index is 276. The number of hydrogen-bond donors (Lipinski definition) is 1. The molecule has 1 aliphatic rings. The highest BCUT2D eigenvalue weighted by molar-refractivity contribution is 5.76. The van der Waals surface area contributed by atoms with E-state index in [0.717, 1.165) is 19.3 Å². The lowest BCUT2D eigenvalue weighted by Crippen LogP contribution is -2.40. The zero-order chi connectivity index (χ0) is 12.7. The molecule has 2 unspecified atom stereocenters. The fourth-order valence-electron chi connectivity index (χ4n) is 2.42. The lowest BCUT2D eigenvalue weighted by atomic mass is 9.84. The maximum absolute atomic E-state index is 11.8. The molecule has 1 N–H and O–H groups in total. The number of carbonyl (C=O) groups is 1. The molecular weight excluding hydrogens is 212 g/mol. The van der Waals surface area contributed by atoms with Crippen LogP contribution in [0.3, 0.4) is 0 Å². The van der Waals surface area contributed by atoms with E-state index in [9.17, 15) is 4.79 Å². The Labute approximate surface area is 105 Å². The van der Waals surface area contributed by atoms with Gasteiger partial charge in [-0.1, -0.05) is 39.5 Å². The standard InChI is InChI=1S/C14H24N2O/c1-3-11(2)9-14(17)16-13(10-15)12-7-5-4-6-8-12/h11-13H,3-9H2,1-2H3,(H,16,17). The van der Waals surface area contributed by atoms with Gasteiger partial charge in [-0.2, -0.15) is 5.26 Å². The summed E-state index contributed by atoms with van der Waals surface area (Å²) in [4.78, 5) is 11.8. The van der Waals surface area contributed by atoms with Gasteiger partial charge in [0, 0.05) is 6.42 Å². The monoisotopic (exact) mass is 236 g/mol. The van der Waals surface area contributed by atoms with Gasteiger partial charge < -0.3 is 5.32 Å². The van der Waals surface area contributed by atoms with Gasteiger partial charge in [-0.25, -0.2) is 0 Å². The highest BCUT2D eigenvalue weighted by Gasteiger charge is 2.24. The summed E-state index contributed by atoms with van der Waals surface area (Å²) in [5, 5.41) is 12.1. The first-order valence-corrected chi connectivity index (χ1v) is 6.86. The van der Waals surface area contributed by atoms with Crippen LogP contribution >= 0.6 is 0 Å². The summed E-state index contributed by atoms with van der Waals surface area (Å²) in [5.74, 6) is 0.812. The second kappa shape index (κ2) is 7.32. The van der Waals surface area contributed by atoms with Gasteiger partial charge in [0.25, 0.3) is 0 Å². The largest absolute Gasteiger partial charge is 0.340 e. The Hall–Kier alpha value is -1.04. The van der Waals surface area contributed by atoms with Crippen molar-refractivity contribution >= 4 is 5.91 Å². The molecule has 1 aliphatic carbocycles. The van der Waals surface area contributed by atoms with Crippen molar-refractivity contribution in [3.05, 3.63) is 0 Å². The molecule has 17 heavy (non-hydrogen) atoms. The van der Waals surface area contributed by atoms with E-state index < -0.39 is 0 Å². The molecule has 0 heterocycles. The molecule has 0 radical (unpaired) electrons. The maximum Gasteiger partial charge on any atom is 0.221 e. The average Bonchev–Trinajstić information content (AvgIpc) is 2.36. The third kappa shape index (κ3) is 4.77. The van der Waals surface area contributed by atoms with E-state index in [0.29, 0.717) is 18.3 Å². The quantitative estimate of drug-likeness (QED) is 0.797. The molecule has 0 bridgehead atoms. The number of amides is 1. The van der Waals surface area contributed by atoms with Crippen molar-refractivity contribution < 1.29 is 4.79 Å². The Morgan fingerprint density at radius 3 is 2.59 bits per heavy atom. The lowest BCUT2D eigenvalue weighted by Gasteiger charge is -2.26. The molecule has 1 saturated carbocycles. The third-order valence-electron chi connectivity index (χ3n) is 3.81. The molecule has 2 atom stereocenters. The zero-order valence-corrected chi connectivity index (χ0v) is 11.0. The van der Waals surface area contributed by atoms with Gasteiger partial charge in [-0.15, -0.1) is 0 Å². The van der Waals surface area contributed by atoms with Gasteiger partial charge in [0.1, 0.15) is 6.04 Å². The predicted octanol–water partition coefficient (Wildman–Crippen LogP) is 3.01. The first-order chi connectivity index (χ1) is 8.17. The van der Waals surface area contributed by atoms with Gasteiger partial charge in [-0.05, 0) is 24.7 Å². The number of hydrogen-bond acceptors (Lipinski definition) is 2. The lowest BCUT2D eigenvalue weighted by molar-refractivity contribution is -0.122. The van der Waals surface area contributed by atoms with Crippen LogP contribution in [-0.4, -0.2) is 11.9 Å². The molecule has 96 valence electrons. The first kappa shape index (κ1) is 14.0. The van der Waals surface area contributed by atoms with Crippen LogP contribution in [0.4, 0.5) is 0 Å². The minimum Gasteiger partial charge on any atom is -0.340 e. The van der Waals surface area contributed by atoms with Crippen LogP contribution in [-0.2, 0) is 4.79 Å². The Morgan fingerprint density at radius 2 is 2.06 bits per heavy atom. The SMILES string of the molecule is CCC(C)CC(=O)NC(C#N)C1CCCCC1. The van der Waals surface area contributed by atoms with Gasteiger partial charge in [0.2, 0.25) is 5.91 Å². The van der Waals surface area contributed by atoms with E-state index in [-0.39, 0.29) is 11.9 Å². The van der Waals surface area contributed by atoms with E-state index in [4.69, 9.17) is 5.26 Å². The molecular formula is C14H24N2O. The van der Waals surface area contributed by atoms with Crippen LogP contribution in [0.2, 0.25) is 0 Å². The van der Waals surface area contributed by atoms with Crippen molar-refractivity contribution in [3.8, 4) is 6.07 Å². The Balaban J connectivity index is 2.40. The second-order valence-corrected chi connectivity index (χ2v) is 5.29. The molecule has 0 aromatic carbocycles. The number of nitrogens with one attached hydrogen (secondary N) is 1. The van der Waals surface area contributed by atoms with Crippen molar-refractivity contribution in [2.45, 2.75) is 64.8 Å². The fraction of sp³-hybridized carbons (Fsp3) is 0.857. The van der Waals surface area contributed by atoms with Crippen LogP contribution in [0.25, 0.3) is 0 Å². The number of nitrogens with zero attached hydrogens (tertiary/aromatic N) is 1. The van der Waals surface area contributed by atoms with Gasteiger partial charge in [-0.3, -0.25) is 4.79 Å². The summed E-state index contributed by atoms with van der Waals surface area (Å²) in [6.45, 7) is 4.16. The third-order valence-corrected chi connectivity index (χ3v) is 3.81. The molecule has 3 heteroatoms. The number of nitriles is 1. The Kier molecular flexibility index (Phi) is 6.04. The normalized spacial score (nSPS) is 20.3. The van der Waals surface area contributed by atoms with Crippen molar-refractivity contribution in [2.24, 2.45) is 11.8 Å². The highest BCUT2D eigenvalue weighted by atomic mass is 16.1. The molecule has 0 spiro atoms. The molecule has 3 nitrogen and oxygen atoms in total. The van der Waals surface area contributed by atoms with Crippen LogP contribution in [0.15, 0.2) is 0 Å². The van der Waals surface area contributed by atoms with E-state index in [1.807, 2.05) is 0 Å². The summed E-state index contributed by atoms with van der Waals surface area (Å²) in [5.41, 5.74) is 0. The first-order valence-electron chi connectivity index (χ1n) is 6.86. The summed E-state index contributed by atoms with van der Waals surface area (Å²) in [6, 6.07) is 1.99. The van der Waals surface area contributed by atoms with Crippen molar-refractivity contribution in [3.63, 3.8) is 0 Å². The fourth-order valence-corrected chi connectivity index (χ4v) is 2.42. The summed E-state index contributed by atoms with van der Waals surface area (Å²) in [6.07, 6.45) is 7.39. The van der Waals surface area contributed by atoms with E-state index >= 15 is 0 Å². The maximum atomic E-state index is 11.8. The van der Waals surface area contributed by atoms with Crippen molar-refractivity contribution in [2.75, 3.05) is 0 Å². The molecule has 0 aromatic heterocycles. The zero-order valence-electron chi connectivity index (χ0n) is 11.0. The predicted molar refractivity (Wildman–Crippen MR) is 68.2 cm³/mol. The van der Waals surface area contributed by atoms with Crippen molar-refractivity contribution in [1.29, 1.82) is 5.26 Å². The highest BCUT2D eigenvalue weighted by Crippen LogP contribution is 2.26. The smallest absolute Gasteiger partial charge is 0.221 e. The van der Waals surface area contributed by atoms with E-state index in [1.165, 1.54) is 19.3 Å². The Morgan fingerprint density at radius 1 is 1.41 bits per heavy atom. The molecule has 0 saturated heterocycles. The summed E-state index contributed by atoms with van der Waals surface area (Å²) < 4.78 is 0. The molecule has 0 aromatic rings. The van der Waals surface area contributed by atoms with Gasteiger partial charge in [0.15, 0.2) is 0 Å². The minimum atomic E-state index is -0.271. The molecule has 1 fully saturated rings. The average molecular weight is 236 g/mol. The van der Waals surface area contributed by atoms with Crippen molar-refractivity contribution in [1.82, 2.24) is 5.32 Å². The van der Waals surface area contributed by atoms with E-state index in [2.05, 4.69) is 25.2 Å². The molecule has 1 amide bonds. The second-order valence-electron chi connectivity index (χ2n) is 5.29. The van der Waals surface area contributed by atoms with E-state index in [1.54, 1.807) is 0 Å². The summed E-state index contributed by atoms with van der Waals surface area (Å²) in [7, 11) is 0. The van der Waals surface area contributed by atoms with Crippen LogP contribution in [0.5, 0.6) is 0 Å².